The Labute approximate surface area is 79.2 Å². The number of hydrogen-bond donors (Lipinski definition) is 1. The van der Waals surface area contributed by atoms with E-state index in [1.54, 1.807) is 0 Å². The number of aliphatic hydroxyl groups is 1. The van der Waals surface area contributed by atoms with E-state index >= 15 is 0 Å². The van der Waals surface area contributed by atoms with Crippen LogP contribution in [0.1, 0.15) is 18.9 Å². The normalized spacial score (nSPS) is 19.2. The van der Waals surface area contributed by atoms with Crippen LogP contribution in [0.2, 0.25) is 0 Å². The summed E-state index contributed by atoms with van der Waals surface area (Å²) in [7, 11) is 1.00. The predicted molar refractivity (Wildman–Crippen MR) is 53.0 cm³/mol. The highest BCUT2D eigenvalue weighted by atomic mass is 16.5. The van der Waals surface area contributed by atoms with Crippen LogP contribution in [0.5, 0.6) is 5.75 Å². The molecule has 1 unspecified atom stereocenters. The zero-order valence-corrected chi connectivity index (χ0v) is 8.16. The molecule has 13 heavy (non-hydrogen) atoms. The second kappa shape index (κ2) is 4.87. The summed E-state index contributed by atoms with van der Waals surface area (Å²) in [5.74, 6) is 1.08. The molecule has 1 aromatic rings. The Hall–Kier alpha value is -1.02. The summed E-state index contributed by atoms with van der Waals surface area (Å²) in [6.07, 6.45) is 2.71. The molecule has 0 spiro atoms. The van der Waals surface area contributed by atoms with Crippen LogP contribution < -0.4 is 4.74 Å². The molecular formula is C11H16O2. The molecule has 2 rings (SSSR count). The van der Waals surface area contributed by atoms with E-state index in [4.69, 9.17) is 9.84 Å². The first-order chi connectivity index (χ1) is 6.36. The Morgan fingerprint density at radius 2 is 2.00 bits per heavy atom. The van der Waals surface area contributed by atoms with Gasteiger partial charge in [0.1, 0.15) is 5.75 Å². The Bertz CT molecular complexity index is 258. The highest BCUT2D eigenvalue weighted by Crippen LogP contribution is 2.26. The molecule has 0 aromatic heterocycles. The number of aryl methyl sites for hydroxylation is 1. The van der Waals surface area contributed by atoms with Gasteiger partial charge in [-0.15, -0.1) is 0 Å². The zero-order chi connectivity index (χ0) is 9.68. The van der Waals surface area contributed by atoms with Gasteiger partial charge in [-0.25, -0.2) is 0 Å². The molecule has 1 aliphatic heterocycles. The van der Waals surface area contributed by atoms with Gasteiger partial charge in [-0.3, -0.25) is 0 Å². The number of rotatable bonds is 0. The van der Waals surface area contributed by atoms with Crippen molar-refractivity contribution in [2.45, 2.75) is 25.9 Å². The van der Waals surface area contributed by atoms with Crippen molar-refractivity contribution in [3.63, 3.8) is 0 Å². The summed E-state index contributed by atoms with van der Waals surface area (Å²) in [6.45, 7) is 2.12. The van der Waals surface area contributed by atoms with Crippen LogP contribution in [-0.2, 0) is 6.42 Å². The van der Waals surface area contributed by atoms with Gasteiger partial charge in [0, 0.05) is 7.11 Å². The summed E-state index contributed by atoms with van der Waals surface area (Å²) in [4.78, 5) is 0. The van der Waals surface area contributed by atoms with Crippen molar-refractivity contribution in [3.05, 3.63) is 29.8 Å². The number of ether oxygens (including phenoxy) is 1. The number of hydrogen-bond acceptors (Lipinski definition) is 2. The standard InChI is InChI=1S/C10H12O.CH4O/c1-8-6-7-9-4-2-3-5-10(9)11-8;1-2/h2-5,8H,6-7H2,1H3;2H,1H3. The molecule has 0 amide bonds. The summed E-state index contributed by atoms with van der Waals surface area (Å²) in [5, 5.41) is 7.00. The summed E-state index contributed by atoms with van der Waals surface area (Å²) in [6, 6.07) is 8.28. The number of fused-ring (bicyclic) bond motifs is 1. The number of aliphatic hydroxyl groups excluding tert-OH is 1. The molecule has 1 aliphatic rings. The van der Waals surface area contributed by atoms with Gasteiger partial charge in [0.25, 0.3) is 0 Å². The second-order valence-corrected chi connectivity index (χ2v) is 3.07. The first kappa shape index (κ1) is 10.1. The van der Waals surface area contributed by atoms with E-state index in [-0.39, 0.29) is 0 Å². The largest absolute Gasteiger partial charge is 0.490 e. The van der Waals surface area contributed by atoms with E-state index in [0.29, 0.717) is 6.10 Å². The van der Waals surface area contributed by atoms with Gasteiger partial charge < -0.3 is 9.84 Å². The van der Waals surface area contributed by atoms with Crippen LogP contribution in [0.25, 0.3) is 0 Å². The van der Waals surface area contributed by atoms with Gasteiger partial charge in [-0.2, -0.15) is 0 Å². The predicted octanol–water partition coefficient (Wildman–Crippen LogP) is 2.01. The van der Waals surface area contributed by atoms with Crippen molar-refractivity contribution in [3.8, 4) is 5.75 Å². The third kappa shape index (κ3) is 2.46. The molecule has 1 heterocycles. The Morgan fingerprint density at radius 3 is 2.77 bits per heavy atom. The summed E-state index contributed by atoms with van der Waals surface area (Å²) >= 11 is 0. The fraction of sp³-hybridized carbons (Fsp3) is 0.455. The van der Waals surface area contributed by atoms with Crippen LogP contribution in [0.15, 0.2) is 24.3 Å². The lowest BCUT2D eigenvalue weighted by atomic mass is 10.0. The van der Waals surface area contributed by atoms with Crippen LogP contribution in [0.4, 0.5) is 0 Å². The molecule has 0 aliphatic carbocycles. The molecular weight excluding hydrogens is 164 g/mol. The van der Waals surface area contributed by atoms with Crippen molar-refractivity contribution < 1.29 is 9.84 Å². The van der Waals surface area contributed by atoms with E-state index in [9.17, 15) is 0 Å². The van der Waals surface area contributed by atoms with E-state index in [1.165, 1.54) is 5.56 Å². The molecule has 0 saturated carbocycles. The molecule has 1 atom stereocenters. The van der Waals surface area contributed by atoms with Gasteiger partial charge in [-0.05, 0) is 31.4 Å². The summed E-state index contributed by atoms with van der Waals surface area (Å²) < 4.78 is 5.63. The van der Waals surface area contributed by atoms with Crippen molar-refractivity contribution in [1.29, 1.82) is 0 Å². The first-order valence-electron chi connectivity index (χ1n) is 4.55. The fourth-order valence-electron chi connectivity index (χ4n) is 1.46. The Morgan fingerprint density at radius 1 is 1.31 bits per heavy atom. The van der Waals surface area contributed by atoms with Crippen LogP contribution >= 0.6 is 0 Å². The first-order valence-corrected chi connectivity index (χ1v) is 4.55. The molecule has 2 heteroatoms. The van der Waals surface area contributed by atoms with Gasteiger partial charge in [0.2, 0.25) is 0 Å². The smallest absolute Gasteiger partial charge is 0.122 e. The van der Waals surface area contributed by atoms with Crippen molar-refractivity contribution in [2.75, 3.05) is 7.11 Å². The average molecular weight is 180 g/mol. The van der Waals surface area contributed by atoms with Gasteiger partial charge in [0.15, 0.2) is 0 Å². The molecule has 0 fully saturated rings. The average Bonchev–Trinajstić information content (AvgIpc) is 2.21. The zero-order valence-electron chi connectivity index (χ0n) is 8.16. The molecule has 1 N–H and O–H groups in total. The fourth-order valence-corrected chi connectivity index (χ4v) is 1.46. The highest BCUT2D eigenvalue weighted by molar-refractivity contribution is 5.34. The molecule has 0 saturated heterocycles. The van der Waals surface area contributed by atoms with E-state index in [0.717, 1.165) is 25.7 Å². The number of benzene rings is 1. The lowest BCUT2D eigenvalue weighted by Gasteiger charge is -2.22. The minimum atomic E-state index is 0.393. The monoisotopic (exact) mass is 180 g/mol. The van der Waals surface area contributed by atoms with Crippen molar-refractivity contribution >= 4 is 0 Å². The third-order valence-corrected chi connectivity index (χ3v) is 2.12. The van der Waals surface area contributed by atoms with Gasteiger partial charge in [0.05, 0.1) is 6.10 Å². The number of para-hydroxylation sites is 1. The Balaban J connectivity index is 0.000000396. The van der Waals surface area contributed by atoms with Crippen LogP contribution in [0.3, 0.4) is 0 Å². The lowest BCUT2D eigenvalue weighted by molar-refractivity contribution is 0.192. The van der Waals surface area contributed by atoms with Gasteiger partial charge >= 0.3 is 0 Å². The highest BCUT2D eigenvalue weighted by Gasteiger charge is 2.13. The molecule has 2 nitrogen and oxygen atoms in total. The van der Waals surface area contributed by atoms with Gasteiger partial charge in [-0.1, -0.05) is 18.2 Å². The van der Waals surface area contributed by atoms with E-state index < -0.39 is 0 Å². The molecule has 1 aromatic carbocycles. The minimum absolute atomic E-state index is 0.393. The van der Waals surface area contributed by atoms with Crippen LogP contribution in [-0.4, -0.2) is 18.3 Å². The maximum Gasteiger partial charge on any atom is 0.122 e. The van der Waals surface area contributed by atoms with Crippen molar-refractivity contribution in [1.82, 2.24) is 0 Å². The molecule has 0 radical (unpaired) electrons. The molecule has 0 bridgehead atoms. The maximum atomic E-state index is 7.00. The maximum absolute atomic E-state index is 7.00. The van der Waals surface area contributed by atoms with Crippen molar-refractivity contribution in [2.24, 2.45) is 0 Å². The molecule has 72 valence electrons. The third-order valence-electron chi connectivity index (χ3n) is 2.12. The van der Waals surface area contributed by atoms with E-state index in [2.05, 4.69) is 19.1 Å². The SMILES string of the molecule is CC1CCc2ccccc2O1.CO. The van der Waals surface area contributed by atoms with E-state index in [1.807, 2.05) is 12.1 Å². The van der Waals surface area contributed by atoms with Crippen LogP contribution in [0, 0.1) is 0 Å². The minimum Gasteiger partial charge on any atom is -0.490 e. The summed E-state index contributed by atoms with van der Waals surface area (Å²) in [5.41, 5.74) is 1.35. The topological polar surface area (TPSA) is 29.5 Å². The quantitative estimate of drug-likeness (QED) is 0.661. The Kier molecular flexibility index (Phi) is 3.77. The lowest BCUT2D eigenvalue weighted by Crippen LogP contribution is -2.18. The second-order valence-electron chi connectivity index (χ2n) is 3.07.